The average Bonchev–Trinajstić information content (AvgIpc) is 3.25. The molecule has 0 unspecified atom stereocenters. The summed E-state index contributed by atoms with van der Waals surface area (Å²) in [6.07, 6.45) is 1.52. The maximum Gasteiger partial charge on any atom is 0.243 e. The highest BCUT2D eigenvalue weighted by atomic mass is 32.2. The van der Waals surface area contributed by atoms with Crippen molar-refractivity contribution in [1.82, 2.24) is 14.3 Å². The molecular formula is C22H24N4O3S. The van der Waals surface area contributed by atoms with Gasteiger partial charge in [0.1, 0.15) is 17.4 Å². The van der Waals surface area contributed by atoms with Crippen molar-refractivity contribution in [1.29, 1.82) is 0 Å². The molecule has 3 aromatic rings. The molecule has 1 fully saturated rings. The van der Waals surface area contributed by atoms with Crippen LogP contribution in [0.4, 0.5) is 11.6 Å². The maximum atomic E-state index is 13.3. The second kappa shape index (κ2) is 8.41. The molecule has 8 heteroatoms. The predicted molar refractivity (Wildman–Crippen MR) is 115 cm³/mol. The largest absolute Gasteiger partial charge is 0.497 e. The first-order chi connectivity index (χ1) is 14.5. The van der Waals surface area contributed by atoms with Gasteiger partial charge in [0.2, 0.25) is 10.0 Å². The lowest BCUT2D eigenvalue weighted by Gasteiger charge is -2.24. The van der Waals surface area contributed by atoms with Gasteiger partial charge >= 0.3 is 0 Å². The first kappa shape index (κ1) is 20.3. The van der Waals surface area contributed by atoms with Crippen molar-refractivity contribution in [3.8, 4) is 5.75 Å². The molecule has 0 bridgehead atoms. The van der Waals surface area contributed by atoms with Crippen LogP contribution in [0.1, 0.15) is 30.3 Å². The summed E-state index contributed by atoms with van der Waals surface area (Å²) >= 11 is 0. The van der Waals surface area contributed by atoms with Crippen molar-refractivity contribution in [2.75, 3.05) is 19.0 Å². The van der Waals surface area contributed by atoms with Crippen molar-refractivity contribution in [3.63, 3.8) is 0 Å². The number of nitrogens with one attached hydrogen (secondary N) is 1. The summed E-state index contributed by atoms with van der Waals surface area (Å²) < 4.78 is 33.2. The third-order valence-electron chi connectivity index (χ3n) is 5.13. The van der Waals surface area contributed by atoms with E-state index in [2.05, 4.69) is 15.3 Å². The van der Waals surface area contributed by atoms with Crippen molar-refractivity contribution < 1.29 is 13.2 Å². The fourth-order valence-electron chi connectivity index (χ4n) is 3.66. The van der Waals surface area contributed by atoms with Crippen LogP contribution in [0.5, 0.6) is 5.75 Å². The Morgan fingerprint density at radius 3 is 2.40 bits per heavy atom. The highest BCUT2D eigenvalue weighted by molar-refractivity contribution is 7.89. The normalized spacial score (nSPS) is 17.1. The monoisotopic (exact) mass is 424 g/mol. The highest BCUT2D eigenvalue weighted by Crippen LogP contribution is 2.36. The molecule has 0 aliphatic carbocycles. The van der Waals surface area contributed by atoms with Gasteiger partial charge in [-0.2, -0.15) is 4.31 Å². The maximum absolute atomic E-state index is 13.3. The topological polar surface area (TPSA) is 84.4 Å². The zero-order valence-corrected chi connectivity index (χ0v) is 17.8. The minimum Gasteiger partial charge on any atom is -0.497 e. The minimum absolute atomic E-state index is 0.258. The van der Waals surface area contributed by atoms with Gasteiger partial charge < -0.3 is 10.1 Å². The summed E-state index contributed by atoms with van der Waals surface area (Å²) in [5.41, 5.74) is 1.63. The van der Waals surface area contributed by atoms with Crippen LogP contribution in [0.3, 0.4) is 0 Å². The summed E-state index contributed by atoms with van der Waals surface area (Å²) in [7, 11) is -2.08. The quantitative estimate of drug-likeness (QED) is 0.642. The van der Waals surface area contributed by atoms with Crippen LogP contribution in [-0.4, -0.2) is 36.3 Å². The smallest absolute Gasteiger partial charge is 0.243 e. The Labute approximate surface area is 176 Å². The summed E-state index contributed by atoms with van der Waals surface area (Å²) in [4.78, 5) is 9.38. The number of rotatable bonds is 6. The number of anilines is 2. The number of methoxy groups -OCH3 is 1. The molecule has 0 amide bonds. The van der Waals surface area contributed by atoms with Crippen LogP contribution in [-0.2, 0) is 10.0 Å². The highest BCUT2D eigenvalue weighted by Gasteiger charge is 2.37. The lowest BCUT2D eigenvalue weighted by Crippen LogP contribution is -2.31. The van der Waals surface area contributed by atoms with Crippen molar-refractivity contribution in [2.45, 2.75) is 30.7 Å². The Morgan fingerprint density at radius 2 is 1.70 bits per heavy atom. The van der Waals surface area contributed by atoms with E-state index in [0.29, 0.717) is 23.9 Å². The SMILES string of the molecule is COc1ccc(S(=O)(=O)N2CCC[C@H]2c2cccc(Nc3cccc(C)n3)n2)cc1. The zero-order valence-electron chi connectivity index (χ0n) is 16.9. The molecule has 0 saturated carbocycles. The van der Waals surface area contributed by atoms with Crippen LogP contribution in [0.15, 0.2) is 65.6 Å². The molecule has 156 valence electrons. The van der Waals surface area contributed by atoms with Gasteiger partial charge in [0.15, 0.2) is 0 Å². The lowest BCUT2D eigenvalue weighted by molar-refractivity contribution is 0.390. The first-order valence-corrected chi connectivity index (χ1v) is 11.2. The van der Waals surface area contributed by atoms with Gasteiger partial charge in [0.05, 0.1) is 23.7 Å². The minimum atomic E-state index is -3.63. The molecule has 30 heavy (non-hydrogen) atoms. The molecule has 1 saturated heterocycles. The van der Waals surface area contributed by atoms with E-state index in [1.807, 2.05) is 43.3 Å². The molecule has 1 atom stereocenters. The van der Waals surface area contributed by atoms with E-state index < -0.39 is 10.0 Å². The Bertz CT molecular complexity index is 1130. The molecule has 4 rings (SSSR count). The third kappa shape index (κ3) is 4.15. The van der Waals surface area contributed by atoms with E-state index >= 15 is 0 Å². The van der Waals surface area contributed by atoms with Gasteiger partial charge in [-0.05, 0) is 68.3 Å². The standard InChI is InChI=1S/C22H24N4O3S/c1-16-6-3-9-21(23-16)25-22-10-4-7-19(24-22)20-8-5-15-26(20)30(27,28)18-13-11-17(29-2)12-14-18/h3-4,6-7,9-14,20H,5,8,15H2,1-2H3,(H,23,24,25)/t20-/m0/s1. The average molecular weight is 425 g/mol. The van der Waals surface area contributed by atoms with Crippen LogP contribution < -0.4 is 10.1 Å². The fourth-order valence-corrected chi connectivity index (χ4v) is 5.33. The number of sulfonamides is 1. The molecule has 0 spiro atoms. The van der Waals surface area contributed by atoms with Crippen LogP contribution in [0.2, 0.25) is 0 Å². The predicted octanol–water partition coefficient (Wildman–Crippen LogP) is 4.06. The molecule has 7 nitrogen and oxygen atoms in total. The van der Waals surface area contributed by atoms with Gasteiger partial charge in [-0.25, -0.2) is 18.4 Å². The van der Waals surface area contributed by atoms with Gasteiger partial charge in [-0.1, -0.05) is 12.1 Å². The Hall–Kier alpha value is -2.97. The second-order valence-corrected chi connectivity index (χ2v) is 9.08. The van der Waals surface area contributed by atoms with E-state index in [1.165, 1.54) is 0 Å². The number of pyridine rings is 2. The molecule has 2 aromatic heterocycles. The number of hydrogen-bond acceptors (Lipinski definition) is 6. The molecule has 1 N–H and O–H groups in total. The van der Waals surface area contributed by atoms with E-state index in [-0.39, 0.29) is 10.9 Å². The summed E-state index contributed by atoms with van der Waals surface area (Å²) in [5, 5.41) is 3.20. The van der Waals surface area contributed by atoms with Crippen molar-refractivity contribution in [2.24, 2.45) is 0 Å². The van der Waals surface area contributed by atoms with Crippen molar-refractivity contribution >= 4 is 21.7 Å². The number of hydrogen-bond donors (Lipinski definition) is 1. The van der Waals surface area contributed by atoms with E-state index in [4.69, 9.17) is 4.74 Å². The van der Waals surface area contributed by atoms with Gasteiger partial charge in [0.25, 0.3) is 0 Å². The third-order valence-corrected chi connectivity index (χ3v) is 7.05. The van der Waals surface area contributed by atoms with Gasteiger partial charge in [-0.15, -0.1) is 0 Å². The Balaban J connectivity index is 1.60. The molecule has 1 aliphatic rings. The van der Waals surface area contributed by atoms with E-state index in [0.717, 1.165) is 24.2 Å². The zero-order chi connectivity index (χ0) is 21.1. The molecule has 1 aromatic carbocycles. The number of nitrogens with zero attached hydrogens (tertiary/aromatic N) is 3. The fraction of sp³-hybridized carbons (Fsp3) is 0.273. The number of ether oxygens (including phenoxy) is 1. The second-order valence-electron chi connectivity index (χ2n) is 7.19. The molecular weight excluding hydrogens is 400 g/mol. The Morgan fingerprint density at radius 1 is 1.00 bits per heavy atom. The molecule has 3 heterocycles. The van der Waals surface area contributed by atoms with E-state index in [1.54, 1.807) is 35.7 Å². The summed E-state index contributed by atoms with van der Waals surface area (Å²) in [5.74, 6) is 1.96. The van der Waals surface area contributed by atoms with Crippen LogP contribution in [0.25, 0.3) is 0 Å². The molecule has 1 aliphatic heterocycles. The van der Waals surface area contributed by atoms with Gasteiger partial charge in [0, 0.05) is 12.2 Å². The van der Waals surface area contributed by atoms with Crippen molar-refractivity contribution in [3.05, 3.63) is 72.1 Å². The van der Waals surface area contributed by atoms with Gasteiger partial charge in [-0.3, -0.25) is 0 Å². The summed E-state index contributed by atoms with van der Waals surface area (Å²) in [6, 6.07) is 17.5. The number of aromatic nitrogens is 2. The van der Waals surface area contributed by atoms with E-state index in [9.17, 15) is 8.42 Å². The van der Waals surface area contributed by atoms with Crippen LogP contribution in [0, 0.1) is 6.92 Å². The Kier molecular flexibility index (Phi) is 5.69. The molecule has 0 radical (unpaired) electrons. The number of aryl methyl sites for hydroxylation is 1. The summed E-state index contributed by atoms with van der Waals surface area (Å²) in [6.45, 7) is 2.40. The number of benzene rings is 1. The first-order valence-electron chi connectivity index (χ1n) is 9.81. The van der Waals surface area contributed by atoms with Crippen LogP contribution >= 0.6 is 0 Å². The lowest BCUT2D eigenvalue weighted by atomic mass is 10.1.